The molecular formula is C14H28N2O. The van der Waals surface area contributed by atoms with Crippen LogP contribution in [-0.2, 0) is 4.79 Å². The molecule has 1 rings (SSSR count). The number of nitrogens with two attached hydrogens (primary N) is 1. The van der Waals surface area contributed by atoms with Crippen LogP contribution in [0.3, 0.4) is 0 Å². The first-order valence-corrected chi connectivity index (χ1v) is 7.04. The average Bonchev–Trinajstić information content (AvgIpc) is 2.30. The van der Waals surface area contributed by atoms with Crippen LogP contribution in [0.5, 0.6) is 0 Å². The highest BCUT2D eigenvalue weighted by molar-refractivity contribution is 5.81. The van der Waals surface area contributed by atoms with Crippen molar-refractivity contribution in [3.63, 3.8) is 0 Å². The van der Waals surface area contributed by atoms with Gasteiger partial charge in [0.25, 0.3) is 0 Å². The van der Waals surface area contributed by atoms with Crippen LogP contribution in [-0.4, -0.2) is 18.5 Å². The van der Waals surface area contributed by atoms with E-state index >= 15 is 0 Å². The average molecular weight is 240 g/mol. The molecule has 1 unspecified atom stereocenters. The first kappa shape index (κ1) is 14.5. The van der Waals surface area contributed by atoms with Crippen molar-refractivity contribution in [2.75, 3.05) is 6.54 Å². The molecule has 3 heteroatoms. The molecule has 0 aromatic heterocycles. The Morgan fingerprint density at radius 2 is 1.88 bits per heavy atom. The van der Waals surface area contributed by atoms with Gasteiger partial charge >= 0.3 is 0 Å². The van der Waals surface area contributed by atoms with Gasteiger partial charge in [0.2, 0.25) is 5.91 Å². The van der Waals surface area contributed by atoms with Crippen LogP contribution < -0.4 is 11.1 Å². The van der Waals surface area contributed by atoms with Gasteiger partial charge in [0.1, 0.15) is 0 Å². The van der Waals surface area contributed by atoms with E-state index < -0.39 is 0 Å². The third-order valence-corrected chi connectivity index (χ3v) is 4.01. The van der Waals surface area contributed by atoms with Crippen molar-refractivity contribution >= 4 is 5.91 Å². The number of nitrogens with one attached hydrogen (secondary N) is 1. The topological polar surface area (TPSA) is 55.1 Å². The molecule has 0 bridgehead atoms. The van der Waals surface area contributed by atoms with Crippen LogP contribution >= 0.6 is 0 Å². The van der Waals surface area contributed by atoms with Crippen molar-refractivity contribution in [2.24, 2.45) is 23.5 Å². The van der Waals surface area contributed by atoms with Crippen LogP contribution in [0.4, 0.5) is 0 Å². The molecule has 17 heavy (non-hydrogen) atoms. The summed E-state index contributed by atoms with van der Waals surface area (Å²) in [7, 11) is 0. The van der Waals surface area contributed by atoms with Crippen molar-refractivity contribution in [1.82, 2.24) is 5.32 Å². The summed E-state index contributed by atoms with van der Waals surface area (Å²) < 4.78 is 0. The van der Waals surface area contributed by atoms with Crippen LogP contribution in [0.1, 0.15) is 52.9 Å². The van der Waals surface area contributed by atoms with Gasteiger partial charge in [-0.1, -0.05) is 46.5 Å². The minimum atomic E-state index is -0.360. The zero-order valence-electron chi connectivity index (χ0n) is 11.5. The molecule has 0 aromatic carbocycles. The van der Waals surface area contributed by atoms with Crippen LogP contribution in [0, 0.1) is 17.8 Å². The Morgan fingerprint density at radius 1 is 1.29 bits per heavy atom. The number of hydrogen-bond donors (Lipinski definition) is 2. The van der Waals surface area contributed by atoms with E-state index in [2.05, 4.69) is 12.2 Å². The number of hydrogen-bond acceptors (Lipinski definition) is 2. The molecule has 1 atom stereocenters. The summed E-state index contributed by atoms with van der Waals surface area (Å²) in [6.45, 7) is 7.08. The molecule has 0 aliphatic heterocycles. The summed E-state index contributed by atoms with van der Waals surface area (Å²) in [5.74, 6) is 1.92. The van der Waals surface area contributed by atoms with Crippen molar-refractivity contribution in [3.8, 4) is 0 Å². The number of carbonyl (C=O) groups is 1. The summed E-state index contributed by atoms with van der Waals surface area (Å²) in [6.07, 6.45) is 6.47. The van der Waals surface area contributed by atoms with E-state index in [1.807, 2.05) is 13.8 Å². The van der Waals surface area contributed by atoms with Crippen molar-refractivity contribution in [3.05, 3.63) is 0 Å². The van der Waals surface area contributed by atoms with Gasteiger partial charge in [-0.25, -0.2) is 0 Å². The first-order valence-electron chi connectivity index (χ1n) is 7.04. The highest BCUT2D eigenvalue weighted by atomic mass is 16.2. The summed E-state index contributed by atoms with van der Waals surface area (Å²) in [5.41, 5.74) is 5.79. The molecule has 100 valence electrons. The van der Waals surface area contributed by atoms with E-state index in [0.717, 1.165) is 24.8 Å². The molecule has 0 saturated heterocycles. The second-order valence-electron chi connectivity index (χ2n) is 5.98. The normalized spacial score (nSPS) is 26.9. The fourth-order valence-corrected chi connectivity index (χ4v) is 2.44. The number of carbonyl (C=O) groups excluding carboxylic acids is 1. The predicted molar refractivity (Wildman–Crippen MR) is 71.6 cm³/mol. The van der Waals surface area contributed by atoms with Gasteiger partial charge in [0, 0.05) is 6.54 Å². The molecule has 1 amide bonds. The number of rotatable bonds is 5. The van der Waals surface area contributed by atoms with Crippen molar-refractivity contribution in [2.45, 2.75) is 58.9 Å². The van der Waals surface area contributed by atoms with Gasteiger partial charge in [-0.2, -0.15) is 0 Å². The maximum Gasteiger partial charge on any atom is 0.237 e. The highest BCUT2D eigenvalue weighted by Crippen LogP contribution is 2.29. The maximum atomic E-state index is 11.6. The Morgan fingerprint density at radius 3 is 2.41 bits per heavy atom. The summed E-state index contributed by atoms with van der Waals surface area (Å²) in [4.78, 5) is 11.6. The largest absolute Gasteiger partial charge is 0.355 e. The molecule has 0 heterocycles. The molecule has 3 nitrogen and oxygen atoms in total. The quantitative estimate of drug-likeness (QED) is 0.774. The molecule has 1 saturated carbocycles. The minimum absolute atomic E-state index is 0.00387. The summed E-state index contributed by atoms with van der Waals surface area (Å²) in [5, 5.41) is 2.96. The smallest absolute Gasteiger partial charge is 0.237 e. The third-order valence-electron chi connectivity index (χ3n) is 4.01. The lowest BCUT2D eigenvalue weighted by Crippen LogP contribution is -2.44. The second-order valence-corrected chi connectivity index (χ2v) is 5.98. The van der Waals surface area contributed by atoms with E-state index in [1.165, 1.54) is 25.7 Å². The molecule has 1 aliphatic rings. The van der Waals surface area contributed by atoms with Gasteiger partial charge in [0.15, 0.2) is 0 Å². The molecule has 0 radical (unpaired) electrons. The molecule has 0 aromatic rings. The van der Waals surface area contributed by atoms with E-state index in [1.54, 1.807) is 0 Å². The zero-order chi connectivity index (χ0) is 12.8. The van der Waals surface area contributed by atoms with Crippen molar-refractivity contribution < 1.29 is 4.79 Å². The molecular weight excluding hydrogens is 212 g/mol. The Bertz CT molecular complexity index is 232. The lowest BCUT2D eigenvalue weighted by Gasteiger charge is -2.26. The fraction of sp³-hybridized carbons (Fsp3) is 0.929. The third kappa shape index (κ3) is 5.07. The number of amides is 1. The molecule has 1 fully saturated rings. The predicted octanol–water partition coefficient (Wildman–Crippen LogP) is 2.30. The van der Waals surface area contributed by atoms with Crippen LogP contribution in [0.2, 0.25) is 0 Å². The monoisotopic (exact) mass is 240 g/mol. The van der Waals surface area contributed by atoms with Gasteiger partial charge in [0.05, 0.1) is 6.04 Å². The Balaban J connectivity index is 2.13. The zero-order valence-corrected chi connectivity index (χ0v) is 11.5. The molecule has 1 aliphatic carbocycles. The lowest BCUT2D eigenvalue weighted by atomic mass is 9.81. The van der Waals surface area contributed by atoms with Gasteiger partial charge in [-0.15, -0.1) is 0 Å². The van der Waals surface area contributed by atoms with E-state index in [4.69, 9.17) is 5.73 Å². The Labute approximate surface area is 106 Å². The fourth-order valence-electron chi connectivity index (χ4n) is 2.44. The Kier molecular flexibility index (Phi) is 5.96. The van der Waals surface area contributed by atoms with Crippen LogP contribution in [0.15, 0.2) is 0 Å². The van der Waals surface area contributed by atoms with E-state index in [9.17, 15) is 4.79 Å². The maximum absolute atomic E-state index is 11.6. The lowest BCUT2D eigenvalue weighted by molar-refractivity contribution is -0.123. The van der Waals surface area contributed by atoms with Gasteiger partial charge in [-0.05, 0) is 24.2 Å². The highest BCUT2D eigenvalue weighted by Gasteiger charge is 2.19. The Hall–Kier alpha value is -0.570. The molecule has 3 N–H and O–H groups in total. The van der Waals surface area contributed by atoms with Crippen LogP contribution in [0.25, 0.3) is 0 Å². The summed E-state index contributed by atoms with van der Waals surface area (Å²) in [6, 6.07) is -0.360. The van der Waals surface area contributed by atoms with Gasteiger partial charge < -0.3 is 11.1 Å². The van der Waals surface area contributed by atoms with Gasteiger partial charge in [-0.3, -0.25) is 4.79 Å². The standard InChI is InChI=1S/C14H28N2O/c1-10(2)13(15)14(17)16-9-8-12-6-4-11(3)5-7-12/h10-13H,4-9,15H2,1-3H3,(H,16,17). The summed E-state index contributed by atoms with van der Waals surface area (Å²) >= 11 is 0. The van der Waals surface area contributed by atoms with E-state index in [0.29, 0.717) is 0 Å². The molecule has 0 spiro atoms. The SMILES string of the molecule is CC1CCC(CCNC(=O)C(N)C(C)C)CC1. The van der Waals surface area contributed by atoms with Crippen molar-refractivity contribution in [1.29, 1.82) is 0 Å². The first-order chi connectivity index (χ1) is 8.00. The second kappa shape index (κ2) is 7.00. The minimum Gasteiger partial charge on any atom is -0.355 e. The van der Waals surface area contributed by atoms with E-state index in [-0.39, 0.29) is 17.9 Å².